The molecular formula is C45H71Cl3N4O10. The monoisotopic (exact) mass is 932 g/mol. The van der Waals surface area contributed by atoms with E-state index in [1.807, 2.05) is 53.4 Å². The second-order valence-electron chi connectivity index (χ2n) is 16.7. The van der Waals surface area contributed by atoms with Gasteiger partial charge in [0.15, 0.2) is 23.0 Å². The number of nitrogens with zero attached hydrogens (tertiary/aromatic N) is 3. The van der Waals surface area contributed by atoms with Crippen LogP contribution < -0.4 is 24.3 Å². The zero-order valence-electron chi connectivity index (χ0n) is 38.6. The molecule has 2 aromatic carbocycles. The summed E-state index contributed by atoms with van der Waals surface area (Å²) >= 11 is 12.9. The van der Waals surface area contributed by atoms with E-state index in [1.165, 1.54) is 7.11 Å². The molecule has 352 valence electrons. The number of nitrogens with one attached hydrogen (secondary N) is 1. The number of amides is 3. The maximum absolute atomic E-state index is 13.7. The first-order chi connectivity index (χ1) is 29.0. The minimum absolute atomic E-state index is 0. The van der Waals surface area contributed by atoms with Gasteiger partial charge >= 0.3 is 6.09 Å². The lowest BCUT2D eigenvalue weighted by Gasteiger charge is -2.41. The predicted molar refractivity (Wildman–Crippen MR) is 247 cm³/mol. The van der Waals surface area contributed by atoms with Gasteiger partial charge in [0.25, 0.3) is 11.8 Å². The minimum Gasteiger partial charge on any atom is -0.493 e. The number of benzene rings is 2. The zero-order valence-corrected chi connectivity index (χ0v) is 40.9. The molecule has 0 saturated carbocycles. The Labute approximate surface area is 385 Å². The topological polar surface area (TPSA) is 138 Å². The lowest BCUT2D eigenvalue weighted by Crippen LogP contribution is -2.54. The molecule has 2 fully saturated rings. The van der Waals surface area contributed by atoms with Crippen molar-refractivity contribution >= 4 is 53.5 Å². The molecule has 0 radical (unpaired) electrons. The Morgan fingerprint density at radius 2 is 1.19 bits per heavy atom. The molecule has 62 heavy (non-hydrogen) atoms. The first kappa shape index (κ1) is 54.7. The molecule has 2 heterocycles. The number of rotatable bonds is 18. The summed E-state index contributed by atoms with van der Waals surface area (Å²) in [6, 6.07) is 6.58. The number of hydrogen-bond acceptors (Lipinski definition) is 11. The molecule has 17 heteroatoms. The molecule has 14 nitrogen and oxygen atoms in total. The van der Waals surface area contributed by atoms with E-state index in [2.05, 4.69) is 5.32 Å². The first-order valence-electron chi connectivity index (χ1n) is 21.3. The summed E-state index contributed by atoms with van der Waals surface area (Å²) in [5.41, 5.74) is 0.208. The number of carbonyl (C=O) groups excluding carboxylic acids is 3. The molecule has 3 amide bonds. The van der Waals surface area contributed by atoms with Crippen LogP contribution in [0.25, 0.3) is 0 Å². The highest BCUT2D eigenvalue weighted by Gasteiger charge is 2.35. The van der Waals surface area contributed by atoms with Crippen LogP contribution in [0.1, 0.15) is 108 Å². The van der Waals surface area contributed by atoms with Crippen molar-refractivity contribution in [2.45, 2.75) is 117 Å². The molecule has 0 spiro atoms. The van der Waals surface area contributed by atoms with E-state index in [1.54, 1.807) is 55.4 Å². The van der Waals surface area contributed by atoms with Crippen molar-refractivity contribution in [3.05, 3.63) is 45.4 Å². The summed E-state index contributed by atoms with van der Waals surface area (Å²) < 4.78 is 38.1. The molecule has 2 aliphatic rings. The van der Waals surface area contributed by atoms with E-state index < -0.39 is 5.60 Å². The third-order valence-corrected chi connectivity index (χ3v) is 10.8. The van der Waals surface area contributed by atoms with Gasteiger partial charge in [-0.05, 0) is 92.8 Å². The number of hydrogen-bond donors (Lipinski definition) is 1. The van der Waals surface area contributed by atoms with Crippen LogP contribution in [0, 0.1) is 0 Å². The van der Waals surface area contributed by atoms with Crippen LogP contribution in [0.15, 0.2) is 24.3 Å². The van der Waals surface area contributed by atoms with Crippen LogP contribution in [-0.4, -0.2) is 143 Å². The summed E-state index contributed by atoms with van der Waals surface area (Å²) in [6.07, 6.45) is 4.71. The number of ether oxygens (including phenoxy) is 7. The second kappa shape index (κ2) is 27.0. The average molecular weight is 934 g/mol. The Bertz CT molecular complexity index is 1700. The van der Waals surface area contributed by atoms with E-state index in [0.29, 0.717) is 85.1 Å². The lowest BCUT2D eigenvalue weighted by molar-refractivity contribution is 0.00751. The first-order valence-corrected chi connectivity index (χ1v) is 22.1. The molecule has 2 saturated heterocycles. The SMILES string of the molecule is COCCCOc1cc(C(=O)N(C(C)C)[C@@H]2CCCN(C(=O)OC(C)(C)C)C2)c(Cl)cc1OC.COCCCOc1cc(C(=O)N(C(C)C)[C@@H]2CCCNC2)c(Cl)cc1OC.Cl. The van der Waals surface area contributed by atoms with Gasteiger partial charge in [-0.25, -0.2) is 4.79 Å². The third kappa shape index (κ3) is 16.3. The van der Waals surface area contributed by atoms with Crippen molar-refractivity contribution in [3.8, 4) is 23.0 Å². The normalized spacial score (nSPS) is 16.4. The number of likely N-dealkylation sites (tertiary alicyclic amines) is 1. The van der Waals surface area contributed by atoms with E-state index in [9.17, 15) is 14.4 Å². The van der Waals surface area contributed by atoms with E-state index in [-0.39, 0.29) is 59.5 Å². The Hall–Kier alpha value is -3.40. The van der Waals surface area contributed by atoms with E-state index >= 15 is 0 Å². The van der Waals surface area contributed by atoms with Gasteiger partial charge in [-0.15, -0.1) is 12.4 Å². The van der Waals surface area contributed by atoms with Crippen molar-refractivity contribution in [2.75, 3.05) is 81.0 Å². The molecule has 4 rings (SSSR count). The summed E-state index contributed by atoms with van der Waals surface area (Å²) in [6.45, 7) is 18.4. The van der Waals surface area contributed by atoms with Gasteiger partial charge in [0.2, 0.25) is 0 Å². The third-order valence-electron chi connectivity index (χ3n) is 10.2. The van der Waals surface area contributed by atoms with Crippen molar-refractivity contribution < 1.29 is 47.5 Å². The standard InChI is InChI=1S/C25H39ClN2O6.C20H31ClN2O4.ClH/c1-17(2)28(18-10-8-11-27(16-18)24(30)34-25(3,4)5)23(29)19-14-22(33-13-9-12-31-6)21(32-7)15-20(19)26;1-14(2)23(15-7-5-8-22-13-15)20(24)16-11-19(27-10-6-9-25-3)18(26-4)12-17(16)21;/h14-15,17-18H,8-13,16H2,1-7H3;11-12,14-15,22H,5-10,13H2,1-4H3;1H/t18-;15-;/m11./s1. The Kier molecular flexibility index (Phi) is 23.9. The van der Waals surface area contributed by atoms with Gasteiger partial charge in [0, 0.05) is 90.2 Å². The Balaban J connectivity index is 0.000000430. The molecular weight excluding hydrogens is 863 g/mol. The van der Waals surface area contributed by atoms with Gasteiger partial charge in [-0.2, -0.15) is 0 Å². The maximum Gasteiger partial charge on any atom is 0.410 e. The van der Waals surface area contributed by atoms with Crippen LogP contribution >= 0.6 is 35.6 Å². The van der Waals surface area contributed by atoms with Gasteiger partial charge in [0.05, 0.1) is 54.6 Å². The summed E-state index contributed by atoms with van der Waals surface area (Å²) in [4.78, 5) is 45.1. The second-order valence-corrected chi connectivity index (χ2v) is 17.5. The molecule has 2 aliphatic heterocycles. The lowest BCUT2D eigenvalue weighted by atomic mass is 10.0. The summed E-state index contributed by atoms with van der Waals surface area (Å²) in [5, 5.41) is 4.04. The maximum atomic E-state index is 13.7. The van der Waals surface area contributed by atoms with Crippen molar-refractivity contribution in [1.82, 2.24) is 20.0 Å². The molecule has 2 atom stereocenters. The van der Waals surface area contributed by atoms with E-state index in [4.69, 9.17) is 56.4 Å². The molecule has 0 aromatic heterocycles. The van der Waals surface area contributed by atoms with Gasteiger partial charge in [-0.3, -0.25) is 9.59 Å². The van der Waals surface area contributed by atoms with Crippen molar-refractivity contribution in [2.24, 2.45) is 0 Å². The number of halogens is 3. The largest absolute Gasteiger partial charge is 0.493 e. The average Bonchev–Trinajstić information content (AvgIpc) is 3.21. The molecule has 0 unspecified atom stereocenters. The molecule has 2 aromatic rings. The molecule has 0 bridgehead atoms. The van der Waals surface area contributed by atoms with Crippen molar-refractivity contribution in [1.29, 1.82) is 0 Å². The van der Waals surface area contributed by atoms with Crippen LogP contribution in [0.2, 0.25) is 10.0 Å². The fourth-order valence-corrected chi connectivity index (χ4v) is 7.85. The number of carbonyl (C=O) groups is 3. The summed E-state index contributed by atoms with van der Waals surface area (Å²) in [5.74, 6) is 1.67. The summed E-state index contributed by atoms with van der Waals surface area (Å²) in [7, 11) is 6.38. The highest BCUT2D eigenvalue weighted by atomic mass is 35.5. The van der Waals surface area contributed by atoms with Crippen LogP contribution in [0.5, 0.6) is 23.0 Å². The van der Waals surface area contributed by atoms with Gasteiger partial charge < -0.3 is 53.2 Å². The molecule has 1 N–H and O–H groups in total. The highest BCUT2D eigenvalue weighted by molar-refractivity contribution is 6.34. The van der Waals surface area contributed by atoms with Gasteiger partial charge in [-0.1, -0.05) is 23.2 Å². The number of methoxy groups -OCH3 is 4. The Morgan fingerprint density at radius 3 is 1.60 bits per heavy atom. The predicted octanol–water partition coefficient (Wildman–Crippen LogP) is 8.80. The molecule has 0 aliphatic carbocycles. The van der Waals surface area contributed by atoms with Gasteiger partial charge in [0.1, 0.15) is 5.60 Å². The zero-order chi connectivity index (χ0) is 45.3. The minimum atomic E-state index is -0.576. The highest BCUT2D eigenvalue weighted by Crippen LogP contribution is 2.37. The van der Waals surface area contributed by atoms with Crippen LogP contribution in [0.4, 0.5) is 4.79 Å². The van der Waals surface area contributed by atoms with Crippen LogP contribution in [-0.2, 0) is 14.2 Å². The fraction of sp³-hybridized carbons (Fsp3) is 0.667. The Morgan fingerprint density at radius 1 is 0.726 bits per heavy atom. The smallest absolute Gasteiger partial charge is 0.410 e. The van der Waals surface area contributed by atoms with Crippen LogP contribution in [0.3, 0.4) is 0 Å². The number of piperidine rings is 2. The van der Waals surface area contributed by atoms with Crippen molar-refractivity contribution in [3.63, 3.8) is 0 Å². The quantitative estimate of drug-likeness (QED) is 0.144. The van der Waals surface area contributed by atoms with E-state index in [0.717, 1.165) is 45.2 Å². The fourth-order valence-electron chi connectivity index (χ4n) is 7.38.